The summed E-state index contributed by atoms with van der Waals surface area (Å²) in [5, 5.41) is 0. The number of benzene rings is 1. The molecule has 0 amide bonds. The van der Waals surface area contributed by atoms with Crippen molar-refractivity contribution in [3.63, 3.8) is 0 Å². The Kier molecular flexibility index (Phi) is 4.53. The maximum atomic E-state index is 5.85. The third kappa shape index (κ3) is 3.80. The molecule has 0 fully saturated rings. The Hall–Kier alpha value is -1.87. The molecule has 1 aromatic heterocycles. The molecule has 0 aliphatic carbocycles. The van der Waals surface area contributed by atoms with Crippen molar-refractivity contribution in [1.82, 2.24) is 4.98 Å². The first kappa shape index (κ1) is 13.6. The van der Waals surface area contributed by atoms with E-state index in [1.807, 2.05) is 25.3 Å². The molecule has 0 radical (unpaired) electrons. The number of likely N-dealkylation sites (N-methyl/N-ethyl adjacent to an activating group) is 1. The number of hydrogen-bond donors (Lipinski definition) is 1. The molecule has 2 aromatic rings. The average Bonchev–Trinajstić information content (AvgIpc) is 2.46. The molecule has 2 rings (SSSR count). The van der Waals surface area contributed by atoms with E-state index in [0.717, 1.165) is 18.7 Å². The molecule has 0 aliphatic rings. The minimum atomic E-state index is 0.0906. The third-order valence-electron chi connectivity index (χ3n) is 3.29. The second-order valence-corrected chi connectivity index (χ2v) is 4.87. The highest BCUT2D eigenvalue weighted by Crippen LogP contribution is 2.17. The van der Waals surface area contributed by atoms with Gasteiger partial charge < -0.3 is 10.6 Å². The van der Waals surface area contributed by atoms with Crippen LogP contribution in [0.3, 0.4) is 0 Å². The van der Waals surface area contributed by atoms with E-state index >= 15 is 0 Å². The Morgan fingerprint density at radius 2 is 1.89 bits per heavy atom. The normalized spacial score (nSPS) is 12.2. The highest BCUT2D eigenvalue weighted by atomic mass is 15.1. The predicted octanol–water partition coefficient (Wildman–Crippen LogP) is 2.78. The molecule has 19 heavy (non-hydrogen) atoms. The summed E-state index contributed by atoms with van der Waals surface area (Å²) in [6, 6.07) is 14.6. The quantitative estimate of drug-likeness (QED) is 0.893. The van der Waals surface area contributed by atoms with Gasteiger partial charge >= 0.3 is 0 Å². The summed E-state index contributed by atoms with van der Waals surface area (Å²) >= 11 is 0. The van der Waals surface area contributed by atoms with Crippen LogP contribution in [0.1, 0.15) is 24.2 Å². The maximum Gasteiger partial charge on any atom is 0.0421 e. The Morgan fingerprint density at radius 1 is 1.16 bits per heavy atom. The lowest BCUT2D eigenvalue weighted by atomic mass is 10.1. The highest BCUT2D eigenvalue weighted by molar-refractivity contribution is 5.47. The highest BCUT2D eigenvalue weighted by Gasteiger charge is 2.03. The van der Waals surface area contributed by atoms with Gasteiger partial charge in [0.1, 0.15) is 0 Å². The molecule has 1 aromatic carbocycles. The fourth-order valence-corrected chi connectivity index (χ4v) is 1.99. The van der Waals surface area contributed by atoms with Crippen molar-refractivity contribution in [3.05, 3.63) is 59.9 Å². The van der Waals surface area contributed by atoms with Gasteiger partial charge in [-0.1, -0.05) is 18.2 Å². The first-order valence-corrected chi connectivity index (χ1v) is 6.63. The number of nitrogens with zero attached hydrogens (tertiary/aromatic N) is 2. The number of hydrogen-bond acceptors (Lipinski definition) is 3. The van der Waals surface area contributed by atoms with Gasteiger partial charge in [-0.25, -0.2) is 0 Å². The van der Waals surface area contributed by atoms with Gasteiger partial charge in [0.05, 0.1) is 0 Å². The molecule has 0 unspecified atom stereocenters. The Morgan fingerprint density at radius 3 is 2.47 bits per heavy atom. The number of nitrogens with two attached hydrogens (primary N) is 1. The molecule has 0 aliphatic heterocycles. The minimum absolute atomic E-state index is 0.0906. The van der Waals surface area contributed by atoms with E-state index in [1.54, 1.807) is 0 Å². The van der Waals surface area contributed by atoms with Crippen LogP contribution < -0.4 is 10.6 Å². The lowest BCUT2D eigenvalue weighted by Gasteiger charge is -2.19. The van der Waals surface area contributed by atoms with Crippen molar-refractivity contribution in [2.75, 3.05) is 18.5 Å². The Bertz CT molecular complexity index is 491. The lowest BCUT2D eigenvalue weighted by Crippen LogP contribution is -2.20. The van der Waals surface area contributed by atoms with Crippen LogP contribution in [0.25, 0.3) is 0 Å². The molecule has 0 saturated carbocycles. The number of anilines is 1. The fraction of sp³-hybridized carbons (Fsp3) is 0.312. The largest absolute Gasteiger partial charge is 0.374 e. The van der Waals surface area contributed by atoms with Gasteiger partial charge in [0.2, 0.25) is 0 Å². The maximum absolute atomic E-state index is 5.85. The van der Waals surface area contributed by atoms with Gasteiger partial charge in [0, 0.05) is 43.6 Å². The van der Waals surface area contributed by atoms with Crippen molar-refractivity contribution in [2.24, 2.45) is 5.73 Å². The molecule has 0 spiro atoms. The van der Waals surface area contributed by atoms with Crippen LogP contribution in [0.15, 0.2) is 48.7 Å². The van der Waals surface area contributed by atoms with E-state index in [9.17, 15) is 0 Å². The van der Waals surface area contributed by atoms with Gasteiger partial charge in [0.15, 0.2) is 0 Å². The molecule has 1 atom stereocenters. The monoisotopic (exact) mass is 255 g/mol. The molecule has 0 bridgehead atoms. The Labute approximate surface area is 115 Å². The molecular weight excluding hydrogens is 234 g/mol. The van der Waals surface area contributed by atoms with E-state index in [1.165, 1.54) is 11.3 Å². The standard InChI is InChI=1S/C16H21N3/c1-13(17)14-6-8-16(9-7-14)19(2)12-10-15-5-3-4-11-18-15/h3-9,11,13H,10,12,17H2,1-2H3/t13-/m0/s1. The predicted molar refractivity (Wildman–Crippen MR) is 80.3 cm³/mol. The van der Waals surface area contributed by atoms with Crippen molar-refractivity contribution in [1.29, 1.82) is 0 Å². The third-order valence-corrected chi connectivity index (χ3v) is 3.29. The molecule has 3 heteroatoms. The topological polar surface area (TPSA) is 42.1 Å². The molecule has 2 N–H and O–H groups in total. The van der Waals surface area contributed by atoms with Gasteiger partial charge in [-0.15, -0.1) is 0 Å². The first-order valence-electron chi connectivity index (χ1n) is 6.63. The number of pyridine rings is 1. The summed E-state index contributed by atoms with van der Waals surface area (Å²) in [5.74, 6) is 0. The van der Waals surface area contributed by atoms with E-state index in [-0.39, 0.29) is 6.04 Å². The number of rotatable bonds is 5. The molecule has 1 heterocycles. The first-order chi connectivity index (χ1) is 9.16. The van der Waals surface area contributed by atoms with Crippen LogP contribution in [0.4, 0.5) is 5.69 Å². The Balaban J connectivity index is 1.94. The van der Waals surface area contributed by atoms with Crippen molar-refractivity contribution >= 4 is 5.69 Å². The summed E-state index contributed by atoms with van der Waals surface area (Å²) in [6.45, 7) is 2.95. The zero-order valence-corrected chi connectivity index (χ0v) is 11.6. The van der Waals surface area contributed by atoms with E-state index in [2.05, 4.69) is 47.3 Å². The second kappa shape index (κ2) is 6.34. The van der Waals surface area contributed by atoms with Crippen LogP contribution in [0.5, 0.6) is 0 Å². The van der Waals surface area contributed by atoms with Crippen LogP contribution in [0.2, 0.25) is 0 Å². The van der Waals surface area contributed by atoms with Gasteiger partial charge in [0.25, 0.3) is 0 Å². The van der Waals surface area contributed by atoms with Gasteiger partial charge in [-0.05, 0) is 36.8 Å². The van der Waals surface area contributed by atoms with Crippen LogP contribution in [-0.4, -0.2) is 18.6 Å². The molecular formula is C16H21N3. The smallest absolute Gasteiger partial charge is 0.0421 e. The van der Waals surface area contributed by atoms with Crippen LogP contribution >= 0.6 is 0 Å². The van der Waals surface area contributed by atoms with Crippen molar-refractivity contribution in [2.45, 2.75) is 19.4 Å². The summed E-state index contributed by atoms with van der Waals surface area (Å²) in [4.78, 5) is 6.57. The van der Waals surface area contributed by atoms with Crippen LogP contribution in [0, 0.1) is 0 Å². The van der Waals surface area contributed by atoms with Gasteiger partial charge in [-0.2, -0.15) is 0 Å². The second-order valence-electron chi connectivity index (χ2n) is 4.87. The summed E-state index contributed by atoms with van der Waals surface area (Å²) in [5.41, 5.74) is 9.36. The fourth-order valence-electron chi connectivity index (χ4n) is 1.99. The molecule has 100 valence electrons. The van der Waals surface area contributed by atoms with Crippen molar-refractivity contribution < 1.29 is 0 Å². The van der Waals surface area contributed by atoms with Crippen LogP contribution in [-0.2, 0) is 6.42 Å². The molecule has 3 nitrogen and oxygen atoms in total. The average molecular weight is 255 g/mol. The number of aromatic nitrogens is 1. The summed E-state index contributed by atoms with van der Waals surface area (Å²) in [6.07, 6.45) is 2.79. The molecule has 0 saturated heterocycles. The zero-order valence-electron chi connectivity index (χ0n) is 11.6. The minimum Gasteiger partial charge on any atom is -0.374 e. The van der Waals surface area contributed by atoms with Crippen molar-refractivity contribution in [3.8, 4) is 0 Å². The summed E-state index contributed by atoms with van der Waals surface area (Å²) in [7, 11) is 2.10. The SMILES string of the molecule is C[C@H](N)c1ccc(N(C)CCc2ccccn2)cc1. The van der Waals surface area contributed by atoms with E-state index < -0.39 is 0 Å². The lowest BCUT2D eigenvalue weighted by molar-refractivity contribution is 0.815. The van der Waals surface area contributed by atoms with E-state index in [0.29, 0.717) is 0 Å². The zero-order chi connectivity index (χ0) is 13.7. The van der Waals surface area contributed by atoms with Gasteiger partial charge in [-0.3, -0.25) is 4.98 Å². The summed E-state index contributed by atoms with van der Waals surface area (Å²) < 4.78 is 0. The van der Waals surface area contributed by atoms with E-state index in [4.69, 9.17) is 5.73 Å².